The summed E-state index contributed by atoms with van der Waals surface area (Å²) in [5, 5.41) is 4.80. The first-order valence-electron chi connectivity index (χ1n) is 14.6. The number of benzene rings is 6. The van der Waals surface area contributed by atoms with Gasteiger partial charge in [-0.3, -0.25) is 4.57 Å². The molecular formula is C39H24N4S. The van der Waals surface area contributed by atoms with Gasteiger partial charge in [0.2, 0.25) is 5.95 Å². The third-order valence-corrected chi connectivity index (χ3v) is 9.46. The van der Waals surface area contributed by atoms with Crippen molar-refractivity contribution in [1.29, 1.82) is 0 Å². The van der Waals surface area contributed by atoms with E-state index in [0.717, 1.165) is 22.2 Å². The van der Waals surface area contributed by atoms with E-state index in [9.17, 15) is 0 Å². The third kappa shape index (κ3) is 3.87. The van der Waals surface area contributed by atoms with E-state index in [-0.39, 0.29) is 0 Å². The minimum Gasteiger partial charge on any atom is -0.277 e. The largest absolute Gasteiger partial charge is 0.277 e. The number of thiophene rings is 1. The fourth-order valence-electron chi connectivity index (χ4n) is 6.27. The lowest BCUT2D eigenvalue weighted by atomic mass is 9.99. The van der Waals surface area contributed by atoms with Gasteiger partial charge in [0.1, 0.15) is 0 Å². The van der Waals surface area contributed by atoms with Crippen LogP contribution in [0.1, 0.15) is 0 Å². The Morgan fingerprint density at radius 1 is 0.477 bits per heavy atom. The fourth-order valence-corrected chi connectivity index (χ4v) is 7.52. The molecule has 0 bridgehead atoms. The Hall–Kier alpha value is -5.65. The fraction of sp³-hybridized carbons (Fsp3) is 0. The van der Waals surface area contributed by atoms with Gasteiger partial charge in [-0.1, -0.05) is 127 Å². The molecule has 6 aromatic carbocycles. The highest BCUT2D eigenvalue weighted by atomic mass is 32.1. The lowest BCUT2D eigenvalue weighted by Crippen LogP contribution is -2.06. The summed E-state index contributed by atoms with van der Waals surface area (Å²) in [5.41, 5.74) is 6.53. The molecular weight excluding hydrogens is 557 g/mol. The monoisotopic (exact) mass is 580 g/mol. The van der Waals surface area contributed by atoms with Crippen LogP contribution < -0.4 is 0 Å². The third-order valence-electron chi connectivity index (χ3n) is 8.25. The van der Waals surface area contributed by atoms with Gasteiger partial charge in [0.15, 0.2) is 11.6 Å². The van der Waals surface area contributed by atoms with Crippen LogP contribution in [0.3, 0.4) is 0 Å². The van der Waals surface area contributed by atoms with Gasteiger partial charge in [-0.2, -0.15) is 9.97 Å². The molecule has 0 amide bonds. The molecule has 0 atom stereocenters. The van der Waals surface area contributed by atoms with Gasteiger partial charge >= 0.3 is 0 Å². The van der Waals surface area contributed by atoms with Crippen LogP contribution in [-0.2, 0) is 0 Å². The van der Waals surface area contributed by atoms with Gasteiger partial charge in [0.05, 0.1) is 11.0 Å². The number of rotatable bonds is 4. The van der Waals surface area contributed by atoms with E-state index < -0.39 is 0 Å². The summed E-state index contributed by atoms with van der Waals surface area (Å²) in [6.45, 7) is 0. The topological polar surface area (TPSA) is 43.6 Å². The first-order valence-corrected chi connectivity index (χ1v) is 15.5. The smallest absolute Gasteiger partial charge is 0.238 e. The Morgan fingerprint density at radius 2 is 1.02 bits per heavy atom. The Kier molecular flexibility index (Phi) is 5.64. The van der Waals surface area contributed by atoms with E-state index in [1.165, 1.54) is 42.1 Å². The molecule has 0 fully saturated rings. The van der Waals surface area contributed by atoms with Crippen LogP contribution in [0.15, 0.2) is 146 Å². The Bertz CT molecular complexity index is 2420. The van der Waals surface area contributed by atoms with Crippen molar-refractivity contribution in [2.45, 2.75) is 0 Å². The predicted octanol–water partition coefficient (Wildman–Crippen LogP) is 10.3. The molecule has 0 aliphatic rings. The van der Waals surface area contributed by atoms with Gasteiger partial charge in [0, 0.05) is 47.6 Å². The zero-order valence-electron chi connectivity index (χ0n) is 23.6. The number of nitrogens with zero attached hydrogens (tertiary/aromatic N) is 4. The maximum atomic E-state index is 5.17. The first kappa shape index (κ1) is 24.9. The van der Waals surface area contributed by atoms with E-state index in [1.54, 1.807) is 0 Å². The number of para-hydroxylation sites is 1. The Labute approximate surface area is 257 Å². The van der Waals surface area contributed by atoms with Crippen molar-refractivity contribution in [1.82, 2.24) is 19.5 Å². The van der Waals surface area contributed by atoms with Crippen LogP contribution in [0, 0.1) is 0 Å². The standard InChI is InChI=1S/C39H24N4S/c1-4-14-25(15-5-1)30-24-31-28-20-10-12-22-32(28)43(35(31)34-29-21-11-13-23-33(29)44-36(30)34)39-41-37(26-16-6-2-7-17-26)40-38(42-39)27-18-8-3-9-19-27/h1-24H. The van der Waals surface area contributed by atoms with E-state index in [1.807, 2.05) is 47.7 Å². The van der Waals surface area contributed by atoms with E-state index in [0.29, 0.717) is 17.6 Å². The maximum Gasteiger partial charge on any atom is 0.238 e. The maximum absolute atomic E-state index is 5.17. The van der Waals surface area contributed by atoms with E-state index in [2.05, 4.69) is 114 Å². The Balaban J connectivity index is 1.46. The Morgan fingerprint density at radius 3 is 1.68 bits per heavy atom. The average Bonchev–Trinajstić information content (AvgIpc) is 3.65. The number of aromatic nitrogens is 4. The van der Waals surface area contributed by atoms with Crippen molar-refractivity contribution >= 4 is 53.3 Å². The van der Waals surface area contributed by atoms with Gasteiger partial charge in [-0.05, 0) is 23.8 Å². The zero-order valence-corrected chi connectivity index (χ0v) is 24.4. The molecule has 0 saturated heterocycles. The molecule has 5 heteroatoms. The second-order valence-corrected chi connectivity index (χ2v) is 11.9. The highest BCUT2D eigenvalue weighted by molar-refractivity contribution is 7.26. The summed E-state index contributed by atoms with van der Waals surface area (Å²) in [6.07, 6.45) is 0. The first-order chi connectivity index (χ1) is 21.8. The molecule has 0 spiro atoms. The van der Waals surface area contributed by atoms with Crippen molar-refractivity contribution in [3.63, 3.8) is 0 Å². The summed E-state index contributed by atoms with van der Waals surface area (Å²) in [4.78, 5) is 15.3. The van der Waals surface area contributed by atoms with Crippen molar-refractivity contribution in [3.8, 4) is 39.9 Å². The average molecular weight is 581 g/mol. The second-order valence-electron chi connectivity index (χ2n) is 10.9. The van der Waals surface area contributed by atoms with Crippen molar-refractivity contribution in [3.05, 3.63) is 146 Å². The summed E-state index contributed by atoms with van der Waals surface area (Å²) < 4.78 is 4.77. The molecule has 44 heavy (non-hydrogen) atoms. The summed E-state index contributed by atoms with van der Waals surface area (Å²) in [7, 11) is 0. The van der Waals surface area contributed by atoms with Crippen molar-refractivity contribution in [2.75, 3.05) is 0 Å². The highest BCUT2D eigenvalue weighted by Gasteiger charge is 2.23. The molecule has 0 unspecified atom stereocenters. The van der Waals surface area contributed by atoms with Crippen LogP contribution in [0.5, 0.6) is 0 Å². The molecule has 3 heterocycles. The van der Waals surface area contributed by atoms with Crippen LogP contribution in [0.2, 0.25) is 0 Å². The van der Waals surface area contributed by atoms with Gasteiger partial charge in [-0.25, -0.2) is 4.98 Å². The van der Waals surface area contributed by atoms with Crippen molar-refractivity contribution < 1.29 is 0 Å². The number of hydrogen-bond donors (Lipinski definition) is 0. The molecule has 0 aliphatic carbocycles. The quantitative estimate of drug-likeness (QED) is 0.208. The summed E-state index contributed by atoms with van der Waals surface area (Å²) in [5.74, 6) is 1.90. The molecule has 206 valence electrons. The minimum absolute atomic E-state index is 0.605. The lowest BCUT2D eigenvalue weighted by Gasteiger charge is -2.12. The molecule has 4 nitrogen and oxygen atoms in total. The molecule has 3 aromatic heterocycles. The molecule has 9 rings (SSSR count). The van der Waals surface area contributed by atoms with Crippen molar-refractivity contribution in [2.24, 2.45) is 0 Å². The zero-order chi connectivity index (χ0) is 29.0. The van der Waals surface area contributed by atoms with Gasteiger partial charge < -0.3 is 0 Å². The molecule has 9 aromatic rings. The molecule has 0 aliphatic heterocycles. The van der Waals surface area contributed by atoms with Crippen LogP contribution in [-0.4, -0.2) is 19.5 Å². The van der Waals surface area contributed by atoms with Gasteiger partial charge in [0.25, 0.3) is 0 Å². The molecule has 0 radical (unpaired) electrons. The van der Waals surface area contributed by atoms with Gasteiger partial charge in [-0.15, -0.1) is 11.3 Å². The highest BCUT2D eigenvalue weighted by Crippen LogP contribution is 2.47. The molecule has 0 N–H and O–H groups in total. The van der Waals surface area contributed by atoms with E-state index >= 15 is 0 Å². The van der Waals surface area contributed by atoms with Crippen LogP contribution in [0.25, 0.3) is 81.8 Å². The normalized spacial score (nSPS) is 11.6. The second kappa shape index (κ2) is 9.97. The summed E-state index contributed by atoms with van der Waals surface area (Å²) >= 11 is 1.85. The van der Waals surface area contributed by atoms with Crippen LogP contribution >= 0.6 is 11.3 Å². The minimum atomic E-state index is 0.605. The SMILES string of the molecule is c1ccc(-c2nc(-c3ccccc3)nc(-n3c4ccccc4c4cc(-c5ccccc5)c5sc6ccccc6c5c43)n2)cc1. The lowest BCUT2D eigenvalue weighted by molar-refractivity contribution is 0.955. The summed E-state index contributed by atoms with van der Waals surface area (Å²) in [6, 6.07) is 50.7. The predicted molar refractivity (Wildman–Crippen MR) is 183 cm³/mol. The molecule has 0 saturated carbocycles. The number of fused-ring (bicyclic) bond motifs is 7. The van der Waals surface area contributed by atoms with E-state index in [4.69, 9.17) is 15.0 Å². The number of hydrogen-bond acceptors (Lipinski definition) is 4. The van der Waals surface area contributed by atoms with Crippen LogP contribution in [0.4, 0.5) is 0 Å².